The molecule has 2 atom stereocenters. The van der Waals surface area contributed by atoms with Crippen molar-refractivity contribution in [1.82, 2.24) is 4.40 Å². The molecule has 1 aliphatic heterocycles. The molecule has 0 radical (unpaired) electrons. The second-order valence-corrected chi connectivity index (χ2v) is 17.1. The molecular weight excluding hydrogens is 763 g/mol. The van der Waals surface area contributed by atoms with E-state index in [1.165, 1.54) is 98.2 Å². The Hall–Kier alpha value is -7.88. The Bertz CT molecular complexity index is 3780. The standard InChI is InChI=1S/C60H41N3/c1-2-42-57(38-17-5-3-6-18-38)61-60(40-19-7-4-8-20-40)62-58(42)39-31-29-37(30-32-39)50-36-52-48-25-13-15-27-53(48)63-54-28-16-14-26-49(54)56(59(52)63)55(50)41-33-34-47-45-23-10-9-21-43(45)44-22-11-12-24-46(44)51(47)35-41/h3-36,42,58H,2H2,1H3. The zero-order valence-electron chi connectivity index (χ0n) is 34.8. The summed E-state index contributed by atoms with van der Waals surface area (Å²) in [6.07, 6.45) is 0.922. The third-order valence-corrected chi connectivity index (χ3v) is 13.7. The van der Waals surface area contributed by atoms with E-state index in [2.05, 4.69) is 218 Å². The molecule has 0 saturated heterocycles. The van der Waals surface area contributed by atoms with Crippen LogP contribution in [0, 0.1) is 5.92 Å². The number of aliphatic imine (C=N–C) groups is 2. The van der Waals surface area contributed by atoms with Crippen LogP contribution in [0.4, 0.5) is 0 Å². The SMILES string of the molecule is CCC1C(c2ccccc2)=NC(c2ccccc2)=NC1c1ccc(-c2cc3c4ccccc4n4c5ccccc5c(c2-c2ccc5c6ccccc6c6ccccc6c5c2)c34)cc1. The molecule has 1 aliphatic rings. The van der Waals surface area contributed by atoms with Crippen molar-refractivity contribution in [3.8, 4) is 22.3 Å². The van der Waals surface area contributed by atoms with E-state index < -0.39 is 0 Å². The van der Waals surface area contributed by atoms with Crippen molar-refractivity contribution in [1.29, 1.82) is 0 Å². The summed E-state index contributed by atoms with van der Waals surface area (Å²) in [5.74, 6) is 0.917. The number of hydrogen-bond donors (Lipinski definition) is 0. The predicted octanol–water partition coefficient (Wildman–Crippen LogP) is 15.6. The molecule has 10 aromatic carbocycles. The lowest BCUT2D eigenvalue weighted by Gasteiger charge is -2.30. The van der Waals surface area contributed by atoms with Gasteiger partial charge in [-0.1, -0.05) is 189 Å². The first kappa shape index (κ1) is 35.8. The average Bonchev–Trinajstić information content (AvgIpc) is 3.88. The average molecular weight is 804 g/mol. The summed E-state index contributed by atoms with van der Waals surface area (Å²) in [6.45, 7) is 2.27. The number of benzene rings is 10. The zero-order valence-corrected chi connectivity index (χ0v) is 34.8. The number of nitrogens with zero attached hydrogens (tertiary/aromatic N) is 3. The van der Waals surface area contributed by atoms with Crippen LogP contribution < -0.4 is 0 Å². The van der Waals surface area contributed by atoms with E-state index in [4.69, 9.17) is 9.98 Å². The topological polar surface area (TPSA) is 29.1 Å². The van der Waals surface area contributed by atoms with E-state index in [0.717, 1.165) is 29.1 Å². The van der Waals surface area contributed by atoms with Gasteiger partial charge in [-0.15, -0.1) is 0 Å². The smallest absolute Gasteiger partial charge is 0.155 e. The van der Waals surface area contributed by atoms with Crippen LogP contribution in [-0.4, -0.2) is 15.9 Å². The van der Waals surface area contributed by atoms with Gasteiger partial charge in [-0.25, -0.2) is 4.99 Å². The Kier molecular flexibility index (Phi) is 8.01. The normalized spacial score (nSPS) is 15.6. The van der Waals surface area contributed by atoms with E-state index in [1.54, 1.807) is 0 Å². The lowest BCUT2D eigenvalue weighted by Crippen LogP contribution is -2.28. The molecule has 2 aromatic heterocycles. The van der Waals surface area contributed by atoms with E-state index in [-0.39, 0.29) is 12.0 Å². The lowest BCUT2D eigenvalue weighted by molar-refractivity contribution is 0.532. The Morgan fingerprint density at radius 1 is 0.429 bits per heavy atom. The fraction of sp³-hybridized carbons (Fsp3) is 0.0667. The first-order valence-corrected chi connectivity index (χ1v) is 22.1. The minimum atomic E-state index is -0.0833. The van der Waals surface area contributed by atoms with E-state index in [0.29, 0.717) is 0 Å². The Morgan fingerprint density at radius 3 is 1.60 bits per heavy atom. The summed E-state index contributed by atoms with van der Waals surface area (Å²) < 4.78 is 2.50. The monoisotopic (exact) mass is 803 g/mol. The van der Waals surface area contributed by atoms with Crippen LogP contribution in [0.1, 0.15) is 36.1 Å². The van der Waals surface area contributed by atoms with Gasteiger partial charge in [-0.05, 0) is 96.4 Å². The summed E-state index contributed by atoms with van der Waals surface area (Å²) in [5, 5.41) is 12.8. The quantitative estimate of drug-likeness (QED) is 0.150. The first-order valence-electron chi connectivity index (χ1n) is 22.1. The van der Waals surface area contributed by atoms with Crippen LogP contribution in [0.2, 0.25) is 0 Å². The molecule has 296 valence electrons. The molecule has 0 spiro atoms. The molecule has 13 rings (SSSR count). The molecule has 0 aliphatic carbocycles. The highest BCUT2D eigenvalue weighted by Crippen LogP contribution is 2.49. The van der Waals surface area contributed by atoms with Crippen LogP contribution in [-0.2, 0) is 0 Å². The molecular formula is C60H41N3. The van der Waals surface area contributed by atoms with Crippen molar-refractivity contribution in [2.45, 2.75) is 19.4 Å². The predicted molar refractivity (Wildman–Crippen MR) is 267 cm³/mol. The third-order valence-electron chi connectivity index (χ3n) is 13.7. The maximum atomic E-state index is 5.45. The summed E-state index contributed by atoms with van der Waals surface area (Å²) in [5.41, 5.74) is 13.1. The van der Waals surface area contributed by atoms with Crippen molar-refractivity contribution < 1.29 is 0 Å². The fourth-order valence-corrected chi connectivity index (χ4v) is 10.9. The molecule has 3 heteroatoms. The fourth-order valence-electron chi connectivity index (χ4n) is 10.9. The van der Waals surface area contributed by atoms with E-state index in [1.807, 2.05) is 0 Å². The van der Waals surface area contributed by atoms with Gasteiger partial charge >= 0.3 is 0 Å². The lowest BCUT2D eigenvalue weighted by atomic mass is 9.82. The molecule has 63 heavy (non-hydrogen) atoms. The molecule has 3 nitrogen and oxygen atoms in total. The molecule has 0 bridgehead atoms. The number of amidine groups is 1. The van der Waals surface area contributed by atoms with Crippen molar-refractivity contribution in [2.75, 3.05) is 0 Å². The molecule has 2 unspecified atom stereocenters. The second-order valence-electron chi connectivity index (χ2n) is 17.1. The van der Waals surface area contributed by atoms with E-state index >= 15 is 0 Å². The van der Waals surface area contributed by atoms with Crippen LogP contribution >= 0.6 is 0 Å². The van der Waals surface area contributed by atoms with Gasteiger partial charge in [0.05, 0.1) is 28.3 Å². The highest BCUT2D eigenvalue weighted by molar-refractivity contribution is 6.31. The first-order chi connectivity index (χ1) is 31.2. The molecule has 0 saturated carbocycles. The van der Waals surface area contributed by atoms with Crippen LogP contribution in [0.3, 0.4) is 0 Å². The van der Waals surface area contributed by atoms with Gasteiger partial charge in [-0.3, -0.25) is 4.99 Å². The highest BCUT2D eigenvalue weighted by Gasteiger charge is 2.32. The van der Waals surface area contributed by atoms with Crippen molar-refractivity contribution in [3.05, 3.63) is 223 Å². The maximum Gasteiger partial charge on any atom is 0.155 e. The molecule has 0 N–H and O–H groups in total. The minimum Gasteiger partial charge on any atom is -0.308 e. The van der Waals surface area contributed by atoms with Crippen LogP contribution in [0.5, 0.6) is 0 Å². The number of para-hydroxylation sites is 2. The Labute approximate surface area is 365 Å². The maximum absolute atomic E-state index is 5.45. The molecule has 0 amide bonds. The third kappa shape index (κ3) is 5.39. The van der Waals surface area contributed by atoms with Gasteiger partial charge in [0.15, 0.2) is 5.84 Å². The van der Waals surface area contributed by atoms with Gasteiger partial charge < -0.3 is 4.40 Å². The zero-order chi connectivity index (χ0) is 41.6. The summed E-state index contributed by atoms with van der Waals surface area (Å²) in [7, 11) is 0. The molecule has 12 aromatic rings. The van der Waals surface area contributed by atoms with Crippen molar-refractivity contribution in [2.24, 2.45) is 15.9 Å². The number of fused-ring (bicyclic) bond motifs is 12. The van der Waals surface area contributed by atoms with Gasteiger partial charge in [0.25, 0.3) is 0 Å². The molecule has 0 fully saturated rings. The van der Waals surface area contributed by atoms with Crippen molar-refractivity contribution in [3.63, 3.8) is 0 Å². The highest BCUT2D eigenvalue weighted by atomic mass is 15.0. The Balaban J connectivity index is 1.06. The Morgan fingerprint density at radius 2 is 0.952 bits per heavy atom. The van der Waals surface area contributed by atoms with Gasteiger partial charge in [-0.2, -0.15) is 0 Å². The number of rotatable bonds is 6. The molecule has 3 heterocycles. The van der Waals surface area contributed by atoms with Crippen LogP contribution in [0.25, 0.3) is 92.7 Å². The van der Waals surface area contributed by atoms with Crippen molar-refractivity contribution >= 4 is 82.0 Å². The van der Waals surface area contributed by atoms with Crippen LogP contribution in [0.15, 0.2) is 216 Å². The van der Waals surface area contributed by atoms with E-state index in [9.17, 15) is 0 Å². The largest absolute Gasteiger partial charge is 0.308 e. The summed E-state index contributed by atoms with van der Waals surface area (Å²) in [6, 6.07) is 75.6. The van der Waals surface area contributed by atoms with Gasteiger partial charge in [0.2, 0.25) is 0 Å². The van der Waals surface area contributed by atoms with Gasteiger partial charge in [0.1, 0.15) is 0 Å². The minimum absolute atomic E-state index is 0.0833. The summed E-state index contributed by atoms with van der Waals surface area (Å²) in [4.78, 5) is 10.7. The summed E-state index contributed by atoms with van der Waals surface area (Å²) >= 11 is 0. The van der Waals surface area contributed by atoms with Gasteiger partial charge in [0, 0.05) is 33.0 Å². The number of hydrogen-bond acceptors (Lipinski definition) is 2. The second kappa shape index (κ2) is 14.1. The number of aromatic nitrogens is 1.